The highest BCUT2D eigenvalue weighted by Gasteiger charge is 2.32. The van der Waals surface area contributed by atoms with Gasteiger partial charge in [0.1, 0.15) is 0 Å². The Morgan fingerprint density at radius 3 is 2.62 bits per heavy atom. The molecule has 128 valence electrons. The fraction of sp³-hybridized carbons (Fsp3) is 0.450. The summed E-state index contributed by atoms with van der Waals surface area (Å²) in [5.74, 6) is 0.520. The van der Waals surface area contributed by atoms with Crippen molar-refractivity contribution in [3.8, 4) is 0 Å². The predicted molar refractivity (Wildman–Crippen MR) is 97.1 cm³/mol. The van der Waals surface area contributed by atoms with E-state index in [2.05, 4.69) is 47.7 Å². The number of hydrogen-bond donors (Lipinski definition) is 1. The van der Waals surface area contributed by atoms with Crippen LogP contribution in [0.1, 0.15) is 36.7 Å². The van der Waals surface area contributed by atoms with Crippen molar-refractivity contribution in [3.63, 3.8) is 0 Å². The molecule has 0 aliphatic carbocycles. The minimum absolute atomic E-state index is 0.0317. The minimum atomic E-state index is 0.0317. The Hall–Kier alpha value is -2.07. The molecule has 1 aliphatic rings. The molecule has 1 aromatic carbocycles. The average molecular weight is 325 g/mol. The quantitative estimate of drug-likeness (QED) is 0.917. The van der Waals surface area contributed by atoms with E-state index in [1.165, 1.54) is 5.56 Å². The van der Waals surface area contributed by atoms with Crippen LogP contribution in [0.25, 0.3) is 0 Å². The SMILES string of the molecule is CC1CN(C(C)C)CC1NC(=O)c1ccn(Cc2ccccc2)c1. The third-order valence-electron chi connectivity index (χ3n) is 4.91. The van der Waals surface area contributed by atoms with E-state index in [-0.39, 0.29) is 11.9 Å². The summed E-state index contributed by atoms with van der Waals surface area (Å²) >= 11 is 0. The zero-order valence-electron chi connectivity index (χ0n) is 14.8. The molecule has 1 fully saturated rings. The van der Waals surface area contributed by atoms with Gasteiger partial charge in [-0.05, 0) is 31.4 Å². The van der Waals surface area contributed by atoms with Gasteiger partial charge in [-0.1, -0.05) is 37.3 Å². The Morgan fingerprint density at radius 2 is 1.96 bits per heavy atom. The first-order valence-corrected chi connectivity index (χ1v) is 8.77. The standard InChI is InChI=1S/C20H27N3O/c1-15(2)23-11-16(3)19(14-23)21-20(24)18-9-10-22(13-18)12-17-7-5-4-6-8-17/h4-10,13,15-16,19H,11-12,14H2,1-3H3,(H,21,24). The summed E-state index contributed by atoms with van der Waals surface area (Å²) in [6.45, 7) is 9.41. The highest BCUT2D eigenvalue weighted by atomic mass is 16.1. The van der Waals surface area contributed by atoms with Gasteiger partial charge in [-0.3, -0.25) is 9.69 Å². The van der Waals surface area contributed by atoms with Gasteiger partial charge in [0, 0.05) is 44.1 Å². The lowest BCUT2D eigenvalue weighted by atomic mass is 10.1. The predicted octanol–water partition coefficient (Wildman–Crippen LogP) is 2.99. The van der Waals surface area contributed by atoms with Gasteiger partial charge < -0.3 is 9.88 Å². The van der Waals surface area contributed by atoms with E-state index >= 15 is 0 Å². The highest BCUT2D eigenvalue weighted by Crippen LogP contribution is 2.19. The van der Waals surface area contributed by atoms with E-state index in [1.54, 1.807) is 0 Å². The number of likely N-dealkylation sites (tertiary alicyclic amines) is 1. The van der Waals surface area contributed by atoms with E-state index in [0.29, 0.717) is 12.0 Å². The van der Waals surface area contributed by atoms with Crippen LogP contribution in [0.15, 0.2) is 48.8 Å². The van der Waals surface area contributed by atoms with Crippen LogP contribution < -0.4 is 5.32 Å². The molecule has 0 bridgehead atoms. The number of benzene rings is 1. The number of amides is 1. The molecule has 2 atom stereocenters. The summed E-state index contributed by atoms with van der Waals surface area (Å²) in [5, 5.41) is 3.21. The average Bonchev–Trinajstić information content (AvgIpc) is 3.16. The molecule has 0 saturated carbocycles. The van der Waals surface area contributed by atoms with Gasteiger partial charge in [0.25, 0.3) is 5.91 Å². The molecular formula is C20H27N3O. The van der Waals surface area contributed by atoms with Gasteiger partial charge in [-0.25, -0.2) is 0 Å². The second kappa shape index (κ2) is 7.22. The molecule has 0 radical (unpaired) electrons. The highest BCUT2D eigenvalue weighted by molar-refractivity contribution is 5.94. The van der Waals surface area contributed by atoms with E-state index < -0.39 is 0 Å². The number of nitrogens with zero attached hydrogens (tertiary/aromatic N) is 2. The molecule has 24 heavy (non-hydrogen) atoms. The van der Waals surface area contributed by atoms with Crippen molar-refractivity contribution >= 4 is 5.91 Å². The third-order valence-corrected chi connectivity index (χ3v) is 4.91. The van der Waals surface area contributed by atoms with Crippen LogP contribution in [0.3, 0.4) is 0 Å². The van der Waals surface area contributed by atoms with Crippen LogP contribution in [0.5, 0.6) is 0 Å². The number of hydrogen-bond acceptors (Lipinski definition) is 2. The molecular weight excluding hydrogens is 298 g/mol. The zero-order chi connectivity index (χ0) is 17.1. The monoisotopic (exact) mass is 325 g/mol. The molecule has 1 saturated heterocycles. The van der Waals surface area contributed by atoms with E-state index in [0.717, 1.165) is 25.2 Å². The summed E-state index contributed by atoms with van der Waals surface area (Å²) < 4.78 is 2.06. The maximum absolute atomic E-state index is 12.5. The molecule has 3 rings (SSSR count). The lowest BCUT2D eigenvalue weighted by Gasteiger charge is -2.20. The number of carbonyl (C=O) groups is 1. The summed E-state index contributed by atoms with van der Waals surface area (Å²) in [4.78, 5) is 15.0. The molecule has 2 unspecified atom stereocenters. The first-order valence-electron chi connectivity index (χ1n) is 8.77. The molecule has 4 nitrogen and oxygen atoms in total. The largest absolute Gasteiger partial charge is 0.349 e. The number of aromatic nitrogens is 1. The minimum Gasteiger partial charge on any atom is -0.349 e. The Bertz CT molecular complexity index is 677. The van der Waals surface area contributed by atoms with Crippen molar-refractivity contribution in [3.05, 3.63) is 59.9 Å². The van der Waals surface area contributed by atoms with E-state index in [4.69, 9.17) is 0 Å². The molecule has 1 aromatic heterocycles. The fourth-order valence-electron chi connectivity index (χ4n) is 3.33. The topological polar surface area (TPSA) is 37.3 Å². The first-order chi connectivity index (χ1) is 11.5. The molecule has 0 spiro atoms. The lowest BCUT2D eigenvalue weighted by Crippen LogP contribution is -2.40. The van der Waals surface area contributed by atoms with Gasteiger partial charge in [0.2, 0.25) is 0 Å². The summed E-state index contributed by atoms with van der Waals surface area (Å²) in [6, 6.07) is 12.9. The third kappa shape index (κ3) is 3.88. The molecule has 4 heteroatoms. The Balaban J connectivity index is 1.60. The molecule has 1 aliphatic heterocycles. The maximum atomic E-state index is 12.5. The Labute approximate surface area is 144 Å². The number of rotatable bonds is 5. The van der Waals surface area contributed by atoms with Crippen LogP contribution in [0.2, 0.25) is 0 Å². The number of nitrogens with one attached hydrogen (secondary N) is 1. The second-order valence-electron chi connectivity index (χ2n) is 7.16. The summed E-state index contributed by atoms with van der Waals surface area (Å²) in [5.41, 5.74) is 1.97. The fourth-order valence-corrected chi connectivity index (χ4v) is 3.33. The van der Waals surface area contributed by atoms with E-state index in [9.17, 15) is 4.79 Å². The van der Waals surface area contributed by atoms with E-state index in [1.807, 2.05) is 36.7 Å². The summed E-state index contributed by atoms with van der Waals surface area (Å²) in [7, 11) is 0. The van der Waals surface area contributed by atoms with Crippen LogP contribution in [0.4, 0.5) is 0 Å². The van der Waals surface area contributed by atoms with Gasteiger partial charge in [0.15, 0.2) is 0 Å². The zero-order valence-corrected chi connectivity index (χ0v) is 14.8. The Kier molecular flexibility index (Phi) is 5.05. The van der Waals surface area contributed by atoms with Crippen LogP contribution in [-0.2, 0) is 6.54 Å². The van der Waals surface area contributed by atoms with Crippen molar-refractivity contribution in [1.29, 1.82) is 0 Å². The molecule has 1 amide bonds. The summed E-state index contributed by atoms with van der Waals surface area (Å²) in [6.07, 6.45) is 3.91. The van der Waals surface area contributed by atoms with Gasteiger partial charge in [0.05, 0.1) is 5.56 Å². The Morgan fingerprint density at radius 1 is 1.21 bits per heavy atom. The maximum Gasteiger partial charge on any atom is 0.253 e. The normalized spacial score (nSPS) is 21.3. The van der Waals surface area contributed by atoms with Crippen LogP contribution in [-0.4, -0.2) is 40.5 Å². The molecule has 2 aromatic rings. The van der Waals surface area contributed by atoms with Crippen molar-refractivity contribution in [1.82, 2.24) is 14.8 Å². The number of carbonyl (C=O) groups excluding carboxylic acids is 1. The van der Waals surface area contributed by atoms with Crippen LogP contribution in [0, 0.1) is 5.92 Å². The molecule has 1 N–H and O–H groups in total. The smallest absolute Gasteiger partial charge is 0.253 e. The van der Waals surface area contributed by atoms with Crippen molar-refractivity contribution in [2.75, 3.05) is 13.1 Å². The van der Waals surface area contributed by atoms with Crippen LogP contribution >= 0.6 is 0 Å². The lowest BCUT2D eigenvalue weighted by molar-refractivity contribution is 0.0930. The molecule has 2 heterocycles. The van der Waals surface area contributed by atoms with Crippen molar-refractivity contribution in [2.45, 2.75) is 39.4 Å². The van der Waals surface area contributed by atoms with Gasteiger partial charge >= 0.3 is 0 Å². The van der Waals surface area contributed by atoms with Crippen molar-refractivity contribution in [2.24, 2.45) is 5.92 Å². The van der Waals surface area contributed by atoms with Gasteiger partial charge in [-0.15, -0.1) is 0 Å². The van der Waals surface area contributed by atoms with Gasteiger partial charge in [-0.2, -0.15) is 0 Å². The second-order valence-corrected chi connectivity index (χ2v) is 7.16. The van der Waals surface area contributed by atoms with Crippen molar-refractivity contribution < 1.29 is 4.79 Å². The first kappa shape index (κ1) is 16.8.